The van der Waals surface area contributed by atoms with Crippen LogP contribution >= 0.6 is 0 Å². The SMILES string of the molecule is COc1ncc(-c2cnc(C(C(=O)OCc3ccccn3)C3CCC(Cc4ncc(C(C)(C)C)c(CC5COC5)n4)CC3)cn2)cn1. The van der Waals surface area contributed by atoms with E-state index >= 15 is 0 Å². The number of carbonyl (C=O) groups excluding carboxylic acids is 1. The maximum Gasteiger partial charge on any atom is 0.316 e. The van der Waals surface area contributed by atoms with Crippen LogP contribution in [0.4, 0.5) is 0 Å². The van der Waals surface area contributed by atoms with Gasteiger partial charge in [0.2, 0.25) is 0 Å². The number of pyridine rings is 1. The van der Waals surface area contributed by atoms with Gasteiger partial charge in [-0.15, -0.1) is 0 Å². The highest BCUT2D eigenvalue weighted by molar-refractivity contribution is 5.78. The van der Waals surface area contributed by atoms with Gasteiger partial charge in [0, 0.05) is 48.4 Å². The molecule has 0 radical (unpaired) electrons. The van der Waals surface area contributed by atoms with E-state index in [1.807, 2.05) is 24.4 Å². The molecule has 4 aromatic rings. The van der Waals surface area contributed by atoms with E-state index in [1.165, 1.54) is 12.7 Å². The molecule has 6 rings (SSSR count). The van der Waals surface area contributed by atoms with E-state index in [0.29, 0.717) is 34.5 Å². The van der Waals surface area contributed by atoms with Crippen LogP contribution in [0, 0.1) is 17.8 Å². The van der Waals surface area contributed by atoms with E-state index in [9.17, 15) is 4.79 Å². The molecular weight excluding hydrogens is 594 g/mol. The van der Waals surface area contributed by atoms with Gasteiger partial charge in [0.1, 0.15) is 18.3 Å². The van der Waals surface area contributed by atoms with Crippen molar-refractivity contribution in [3.8, 4) is 17.3 Å². The minimum Gasteiger partial charge on any atom is -0.467 e. The largest absolute Gasteiger partial charge is 0.467 e. The third-order valence-electron chi connectivity index (χ3n) is 9.19. The van der Waals surface area contributed by atoms with Crippen LogP contribution in [0.2, 0.25) is 0 Å². The Balaban J connectivity index is 1.15. The smallest absolute Gasteiger partial charge is 0.316 e. The van der Waals surface area contributed by atoms with E-state index < -0.39 is 5.92 Å². The van der Waals surface area contributed by atoms with E-state index in [2.05, 4.69) is 40.7 Å². The van der Waals surface area contributed by atoms with Crippen LogP contribution in [0.1, 0.15) is 80.8 Å². The van der Waals surface area contributed by atoms with Crippen LogP contribution in [0.5, 0.6) is 6.01 Å². The van der Waals surface area contributed by atoms with E-state index in [-0.39, 0.29) is 29.9 Å². The highest BCUT2D eigenvalue weighted by Crippen LogP contribution is 2.40. The summed E-state index contributed by atoms with van der Waals surface area (Å²) in [6.45, 7) is 8.38. The Bertz CT molecular complexity index is 1620. The highest BCUT2D eigenvalue weighted by atomic mass is 16.5. The van der Waals surface area contributed by atoms with Crippen molar-refractivity contribution < 1.29 is 19.0 Å². The fraction of sp³-hybridized carbons (Fsp3) is 0.500. The van der Waals surface area contributed by atoms with Crippen LogP contribution in [0.15, 0.2) is 55.4 Å². The summed E-state index contributed by atoms with van der Waals surface area (Å²) in [6.07, 6.45) is 15.8. The zero-order chi connectivity index (χ0) is 32.8. The number of esters is 1. The molecule has 11 nitrogen and oxygen atoms in total. The van der Waals surface area contributed by atoms with Crippen molar-refractivity contribution in [2.45, 2.75) is 77.2 Å². The maximum atomic E-state index is 13.7. The average Bonchev–Trinajstić information content (AvgIpc) is 3.07. The first-order chi connectivity index (χ1) is 22.8. The number of aromatic nitrogens is 7. The lowest BCUT2D eigenvalue weighted by Crippen LogP contribution is -2.31. The number of rotatable bonds is 11. The summed E-state index contributed by atoms with van der Waals surface area (Å²) in [7, 11) is 1.52. The third-order valence-corrected chi connectivity index (χ3v) is 9.19. The van der Waals surface area contributed by atoms with Crippen LogP contribution < -0.4 is 4.74 Å². The molecule has 11 heteroatoms. The summed E-state index contributed by atoms with van der Waals surface area (Å²) >= 11 is 0. The number of nitrogens with zero attached hydrogens (tertiary/aromatic N) is 7. The summed E-state index contributed by atoms with van der Waals surface area (Å²) < 4.78 is 16.3. The second-order valence-electron chi connectivity index (χ2n) is 13.7. The molecular formula is C36H43N7O4. The van der Waals surface area contributed by atoms with Crippen molar-refractivity contribution in [2.24, 2.45) is 17.8 Å². The van der Waals surface area contributed by atoms with Crippen LogP contribution in [-0.2, 0) is 39.1 Å². The normalized spacial score (nSPS) is 19.1. The van der Waals surface area contributed by atoms with Crippen LogP contribution in [-0.4, -0.2) is 61.2 Å². The van der Waals surface area contributed by atoms with Gasteiger partial charge in [0.15, 0.2) is 0 Å². The Morgan fingerprint density at radius 2 is 1.68 bits per heavy atom. The summed E-state index contributed by atoms with van der Waals surface area (Å²) in [4.78, 5) is 45.6. The lowest BCUT2D eigenvalue weighted by molar-refractivity contribution is -0.149. The first-order valence-corrected chi connectivity index (χ1v) is 16.4. The van der Waals surface area contributed by atoms with E-state index in [1.54, 1.807) is 31.0 Å². The quantitative estimate of drug-likeness (QED) is 0.193. The second kappa shape index (κ2) is 14.6. The Morgan fingerprint density at radius 1 is 0.894 bits per heavy atom. The van der Waals surface area contributed by atoms with Crippen molar-refractivity contribution in [1.29, 1.82) is 0 Å². The first-order valence-electron chi connectivity index (χ1n) is 16.4. The molecule has 4 aromatic heterocycles. The number of carbonyl (C=O) groups is 1. The van der Waals surface area contributed by atoms with Crippen LogP contribution in [0.25, 0.3) is 11.3 Å². The van der Waals surface area contributed by atoms with Gasteiger partial charge in [0.25, 0.3) is 0 Å². The van der Waals surface area contributed by atoms with Crippen molar-refractivity contribution in [1.82, 2.24) is 34.9 Å². The Hall–Kier alpha value is -4.38. The lowest BCUT2D eigenvalue weighted by atomic mass is 9.74. The Labute approximate surface area is 276 Å². The predicted octanol–water partition coefficient (Wildman–Crippen LogP) is 5.49. The minimum atomic E-state index is -0.535. The number of ether oxygens (including phenoxy) is 3. The standard InChI is InChI=1S/C36H43N7O4/c1-36(2,3)28-17-40-32(43-29(28)13-24-20-46-21-24)14-23-8-10-25(11-9-23)33(34(44)47-22-27-7-5-6-12-37-27)31-19-38-30(18-39-31)26-15-41-35(45-4)42-16-26/h5-7,12,15-19,23-25,33H,8-11,13-14,20-22H2,1-4H3. The Kier molecular flexibility index (Phi) is 10.1. The van der Waals surface area contributed by atoms with Gasteiger partial charge < -0.3 is 14.2 Å². The lowest BCUT2D eigenvalue weighted by Gasteiger charge is -2.32. The zero-order valence-electron chi connectivity index (χ0n) is 27.6. The van der Waals surface area contributed by atoms with Gasteiger partial charge in [-0.1, -0.05) is 26.8 Å². The molecule has 0 spiro atoms. The molecule has 246 valence electrons. The topological polar surface area (TPSA) is 135 Å². The summed E-state index contributed by atoms with van der Waals surface area (Å²) in [6, 6.07) is 5.85. The van der Waals surface area contributed by atoms with Gasteiger partial charge in [0.05, 0.1) is 49.8 Å². The molecule has 1 aliphatic heterocycles. The molecule has 0 N–H and O–H groups in total. The molecule has 0 bridgehead atoms. The maximum absolute atomic E-state index is 13.7. The summed E-state index contributed by atoms with van der Waals surface area (Å²) in [5.41, 5.74) is 4.98. The molecule has 1 atom stereocenters. The molecule has 1 saturated carbocycles. The van der Waals surface area contributed by atoms with Crippen molar-refractivity contribution in [3.63, 3.8) is 0 Å². The van der Waals surface area contributed by atoms with E-state index in [4.69, 9.17) is 29.2 Å². The van der Waals surface area contributed by atoms with Gasteiger partial charge in [-0.2, -0.15) is 0 Å². The van der Waals surface area contributed by atoms with Crippen LogP contribution in [0.3, 0.4) is 0 Å². The molecule has 2 aliphatic rings. The minimum absolute atomic E-state index is 0.0137. The number of hydrogen-bond acceptors (Lipinski definition) is 11. The van der Waals surface area contributed by atoms with Gasteiger partial charge in [-0.3, -0.25) is 19.7 Å². The van der Waals surface area contributed by atoms with Gasteiger partial charge >= 0.3 is 12.0 Å². The second-order valence-corrected chi connectivity index (χ2v) is 13.7. The molecule has 2 fully saturated rings. The molecule has 5 heterocycles. The molecule has 1 unspecified atom stereocenters. The molecule has 1 saturated heterocycles. The molecule has 47 heavy (non-hydrogen) atoms. The Morgan fingerprint density at radius 3 is 2.30 bits per heavy atom. The highest BCUT2D eigenvalue weighted by Gasteiger charge is 2.36. The fourth-order valence-corrected chi connectivity index (χ4v) is 6.47. The number of methoxy groups -OCH3 is 1. The average molecular weight is 638 g/mol. The number of hydrogen-bond donors (Lipinski definition) is 0. The first kappa shape index (κ1) is 32.6. The van der Waals surface area contributed by atoms with Gasteiger partial charge in [-0.25, -0.2) is 19.9 Å². The zero-order valence-corrected chi connectivity index (χ0v) is 27.6. The monoisotopic (exact) mass is 637 g/mol. The third kappa shape index (κ3) is 8.13. The van der Waals surface area contributed by atoms with Crippen molar-refractivity contribution in [2.75, 3.05) is 20.3 Å². The predicted molar refractivity (Wildman–Crippen MR) is 174 cm³/mol. The van der Waals surface area contributed by atoms with E-state index in [0.717, 1.165) is 63.3 Å². The van der Waals surface area contributed by atoms with Crippen molar-refractivity contribution in [3.05, 3.63) is 83.8 Å². The van der Waals surface area contributed by atoms with Gasteiger partial charge in [-0.05, 0) is 67.1 Å². The summed E-state index contributed by atoms with van der Waals surface area (Å²) in [5, 5.41) is 0. The van der Waals surface area contributed by atoms with Crippen molar-refractivity contribution >= 4 is 5.97 Å². The molecule has 0 aromatic carbocycles. The molecule has 0 amide bonds. The fourth-order valence-electron chi connectivity index (χ4n) is 6.47. The molecule has 1 aliphatic carbocycles. The summed E-state index contributed by atoms with van der Waals surface area (Å²) in [5.74, 6) is 1.12.